The third-order valence-electron chi connectivity index (χ3n) is 14.6. The van der Waals surface area contributed by atoms with E-state index in [1.165, 1.54) is 114 Å². The second kappa shape index (κ2) is 15.0. The van der Waals surface area contributed by atoms with Crippen LogP contribution in [0.2, 0.25) is 0 Å². The topological polar surface area (TPSA) is 0 Å². The molecule has 0 radical (unpaired) electrons. The molecule has 1 aliphatic heterocycles. The second-order valence-electron chi connectivity index (χ2n) is 17.7. The predicted molar refractivity (Wildman–Crippen MR) is 268 cm³/mol. The Morgan fingerprint density at radius 1 is 0.403 bits per heavy atom. The van der Waals surface area contributed by atoms with Crippen LogP contribution in [0.5, 0.6) is 0 Å². The van der Waals surface area contributed by atoms with Gasteiger partial charge in [0.05, 0.1) is 0 Å². The Bertz CT molecular complexity index is 3030. The summed E-state index contributed by atoms with van der Waals surface area (Å²) in [6.45, 7) is 8.93. The minimum atomic E-state index is -5.93. The predicted octanol–water partition coefficient (Wildman–Crippen LogP) is 13.6. The van der Waals surface area contributed by atoms with Crippen molar-refractivity contribution in [3.05, 3.63) is 232 Å². The summed E-state index contributed by atoms with van der Waals surface area (Å²) in [6, 6.07) is 65.1. The number of allylic oxidation sites excluding steroid dienone is 2. The van der Waals surface area contributed by atoms with Gasteiger partial charge in [0.2, 0.25) is 0 Å². The van der Waals surface area contributed by atoms with E-state index in [4.69, 9.17) is 0 Å². The van der Waals surface area contributed by atoms with E-state index in [0.717, 1.165) is 0 Å². The van der Waals surface area contributed by atoms with Gasteiger partial charge < -0.3 is 0 Å². The monoisotopic (exact) mass is 931 g/mol. The van der Waals surface area contributed by atoms with Crippen molar-refractivity contribution in [2.75, 3.05) is 0 Å². The van der Waals surface area contributed by atoms with Crippen LogP contribution in [-0.2, 0) is 16.4 Å². The van der Waals surface area contributed by atoms with Crippen LogP contribution < -0.4 is 13.6 Å². The zero-order chi connectivity index (χ0) is 42.4. The molecule has 8 aromatic carbocycles. The molecule has 2 unspecified atom stereocenters. The van der Waals surface area contributed by atoms with Crippen LogP contribution in [0.4, 0.5) is 0 Å². The molecular weight excluding hydrogens is 887 g/mol. The van der Waals surface area contributed by atoms with E-state index in [9.17, 15) is 17.0 Å². The molecule has 0 N–H and O–H groups in total. The van der Waals surface area contributed by atoms with Crippen LogP contribution in [0, 0.1) is 27.7 Å². The first-order valence-electron chi connectivity index (χ1n) is 21.8. The van der Waals surface area contributed by atoms with Crippen molar-refractivity contribution in [1.29, 1.82) is 0 Å². The minimum absolute atomic E-state index is 0.265. The molecule has 301 valence electrons. The van der Waals surface area contributed by atoms with Crippen LogP contribution in [0.25, 0.3) is 56.7 Å². The zero-order valence-electron chi connectivity index (χ0n) is 35.5. The Morgan fingerprint density at radius 2 is 0.823 bits per heavy atom. The number of halogens is 2. The summed E-state index contributed by atoms with van der Waals surface area (Å²) < 4.78 is 0.696. The molecule has 62 heavy (non-hydrogen) atoms. The van der Waals surface area contributed by atoms with Gasteiger partial charge in [-0.2, -0.15) is 0 Å². The van der Waals surface area contributed by atoms with Crippen LogP contribution in [0.15, 0.2) is 176 Å². The molecule has 0 fully saturated rings. The van der Waals surface area contributed by atoms with E-state index in [1.54, 1.807) is 0 Å². The maximum absolute atomic E-state index is 9.53. The van der Waals surface area contributed by atoms with Gasteiger partial charge in [0.25, 0.3) is 0 Å². The Morgan fingerprint density at radius 3 is 1.35 bits per heavy atom. The van der Waals surface area contributed by atoms with Crippen LogP contribution in [-0.4, -0.2) is 9.52 Å². The summed E-state index contributed by atoms with van der Waals surface area (Å²) in [6.07, 6.45) is 4.93. The summed E-state index contributed by atoms with van der Waals surface area (Å²) in [4.78, 5) is 0. The molecule has 8 aromatic rings. The molecule has 3 aliphatic rings. The van der Waals surface area contributed by atoms with Gasteiger partial charge in [-0.1, -0.05) is 0 Å². The van der Waals surface area contributed by atoms with E-state index >= 15 is 0 Å². The van der Waals surface area contributed by atoms with Crippen molar-refractivity contribution < 1.29 is 16.4 Å². The second-order valence-corrected chi connectivity index (χ2v) is 40.2. The Kier molecular flexibility index (Phi) is 9.64. The van der Waals surface area contributed by atoms with Crippen molar-refractivity contribution in [1.82, 2.24) is 0 Å². The van der Waals surface area contributed by atoms with Gasteiger partial charge in [-0.3, -0.25) is 0 Å². The van der Waals surface area contributed by atoms with E-state index < -0.39 is 25.9 Å². The van der Waals surface area contributed by atoms with Crippen molar-refractivity contribution in [3.8, 4) is 33.4 Å². The molecule has 2 atom stereocenters. The van der Waals surface area contributed by atoms with E-state index in [-0.39, 0.29) is 7.25 Å². The molecule has 0 nitrogen and oxygen atoms in total. The molecule has 2 aliphatic carbocycles. The number of rotatable bonds is 7. The average Bonchev–Trinajstić information content (AvgIpc) is 4.02. The first kappa shape index (κ1) is 39.7. The van der Waals surface area contributed by atoms with E-state index in [1.807, 2.05) is 0 Å². The van der Waals surface area contributed by atoms with Gasteiger partial charge in [-0.15, -0.1) is 0 Å². The Balaban J connectivity index is 1.28. The number of benzene rings is 8. The van der Waals surface area contributed by atoms with Crippen LogP contribution >= 0.6 is 17.0 Å². The first-order chi connectivity index (χ1) is 30.1. The fourth-order valence-corrected chi connectivity index (χ4v) is 38.4. The van der Waals surface area contributed by atoms with Gasteiger partial charge >= 0.3 is 380 Å². The fourth-order valence-electron chi connectivity index (χ4n) is 11.3. The summed E-state index contributed by atoms with van der Waals surface area (Å²) in [5, 5.41) is 2.88. The molecule has 4 heteroatoms. The van der Waals surface area contributed by atoms with Gasteiger partial charge in [-0.25, -0.2) is 0 Å². The molecule has 11 rings (SSSR count). The number of hydrogen-bond donors (Lipinski definition) is 0. The van der Waals surface area contributed by atoms with Crippen molar-refractivity contribution in [2.45, 2.75) is 34.9 Å². The van der Waals surface area contributed by atoms with Gasteiger partial charge in [0.15, 0.2) is 0 Å². The van der Waals surface area contributed by atoms with E-state index in [0.29, 0.717) is 0 Å². The summed E-state index contributed by atoms with van der Waals surface area (Å²) in [5.41, 5.74) is 22.5. The molecule has 0 saturated carbocycles. The first-order valence-corrected chi connectivity index (χ1v) is 33.7. The number of fused-ring (bicyclic) bond motifs is 5. The molecule has 1 heterocycles. The average molecular weight is 934 g/mol. The van der Waals surface area contributed by atoms with Crippen molar-refractivity contribution in [3.63, 3.8) is 0 Å². The zero-order valence-corrected chi connectivity index (χ0v) is 40.9. The molecule has 0 bridgehead atoms. The normalized spacial score (nSPS) is 17.1. The van der Waals surface area contributed by atoms with Gasteiger partial charge in [-0.05, 0) is 0 Å². The third kappa shape index (κ3) is 5.94. The van der Waals surface area contributed by atoms with Crippen LogP contribution in [0.1, 0.15) is 62.9 Å². The summed E-state index contributed by atoms with van der Waals surface area (Å²) in [5.74, 6) is 0. The number of aryl methyl sites for hydroxylation is 2. The van der Waals surface area contributed by atoms with Crippen molar-refractivity contribution >= 4 is 63.5 Å². The third-order valence-corrected chi connectivity index (χ3v) is 37.0. The van der Waals surface area contributed by atoms with Gasteiger partial charge in [0, 0.05) is 0 Å². The molecule has 0 amide bonds. The maximum atomic E-state index is 9.53. The number of hydrogen-bond acceptors (Lipinski definition) is 0. The fraction of sp³-hybridized carbons (Fsp3) is 0.103. The standard InChI is InChI=1S/2C23H19.C12H9Si.2ClH.Zr/c2*1-16-8-6-12-21(17(16)2)22-13-7-11-19-14-20(15-23(19)22)18-9-4-3-5-10-18;1-3-7-11-9(5-1)10-6-2-4-8-12(10)13-11;;;/h2*3-15H,1-2H3;1-7H,13H2;2*1H;/q;;;;;+2/p-2. The van der Waals surface area contributed by atoms with E-state index in [2.05, 4.69) is 216 Å². The van der Waals surface area contributed by atoms with Gasteiger partial charge in [0.1, 0.15) is 0 Å². The SMILES string of the molecule is Cc1cccc(-c2cccc3c2C=C(c2ccccc2)[CH]3[Zr]([Cl])([Cl])([c]2cccc3c2[SiH2]c2ccccc2-3)[CH]2C(c3ccccc3)=Cc3c(-c4cccc(C)c4C)cccc32)c1C. The molecule has 0 saturated heterocycles. The molecule has 0 spiro atoms. The quantitative estimate of drug-likeness (QED) is 0.140. The molecule has 0 aromatic heterocycles. The summed E-state index contributed by atoms with van der Waals surface area (Å²) >= 11 is -5.93. The molecular formula is C58H47Cl2SiZr. The van der Waals surface area contributed by atoms with Crippen LogP contribution in [0.3, 0.4) is 0 Å². The Hall–Kier alpha value is -5.08. The summed E-state index contributed by atoms with van der Waals surface area (Å²) in [7, 11) is 18.1. The Labute approximate surface area is 376 Å². The van der Waals surface area contributed by atoms with Crippen molar-refractivity contribution in [2.24, 2.45) is 0 Å².